The molecule has 1 fully saturated rings. The van der Waals surface area contributed by atoms with Crippen molar-refractivity contribution in [1.82, 2.24) is 20.2 Å². The summed E-state index contributed by atoms with van der Waals surface area (Å²) in [6.07, 6.45) is 6.31. The van der Waals surface area contributed by atoms with E-state index in [-0.39, 0.29) is 11.8 Å². The Kier molecular flexibility index (Phi) is 3.97. The molecule has 138 valence electrons. The van der Waals surface area contributed by atoms with Gasteiger partial charge in [-0.1, -0.05) is 0 Å². The predicted octanol–water partition coefficient (Wildman–Crippen LogP) is 2.93. The fourth-order valence-corrected chi connectivity index (χ4v) is 5.28. The second-order valence-corrected chi connectivity index (χ2v) is 8.22. The van der Waals surface area contributed by atoms with Crippen LogP contribution >= 0.6 is 11.3 Å². The molecule has 7 heteroatoms. The van der Waals surface area contributed by atoms with Gasteiger partial charge in [0.15, 0.2) is 0 Å². The molecule has 1 saturated heterocycles. The van der Waals surface area contributed by atoms with Gasteiger partial charge >= 0.3 is 0 Å². The molecule has 0 atom stereocenters. The number of imidazole rings is 1. The maximum absolute atomic E-state index is 13.0. The number of rotatable bonds is 2. The number of hydrogen-bond acceptors (Lipinski definition) is 4. The van der Waals surface area contributed by atoms with Crippen molar-refractivity contribution < 1.29 is 9.59 Å². The van der Waals surface area contributed by atoms with E-state index in [1.54, 1.807) is 6.20 Å². The largest absolute Gasteiger partial charge is 0.351 e. The normalized spacial score (nSPS) is 17.8. The summed E-state index contributed by atoms with van der Waals surface area (Å²) < 4.78 is 1.07. The average Bonchev–Trinajstić information content (AvgIpc) is 3.36. The SMILES string of the molecule is O=C1NCCc2c1sc1ccc(C(=O)N3CCC(c4ncc[nH]4)CC3)cc21. The molecule has 6 nitrogen and oxygen atoms in total. The Hall–Kier alpha value is -2.67. The van der Waals surface area contributed by atoms with E-state index in [1.807, 2.05) is 29.3 Å². The van der Waals surface area contributed by atoms with E-state index in [0.29, 0.717) is 18.0 Å². The second-order valence-electron chi connectivity index (χ2n) is 7.17. The van der Waals surface area contributed by atoms with Gasteiger partial charge in [0.05, 0.1) is 4.88 Å². The van der Waals surface area contributed by atoms with E-state index in [9.17, 15) is 9.59 Å². The first kappa shape index (κ1) is 16.5. The van der Waals surface area contributed by atoms with Gasteiger partial charge in [-0.2, -0.15) is 0 Å². The summed E-state index contributed by atoms with van der Waals surface area (Å²) in [5.74, 6) is 1.50. The average molecular weight is 380 g/mol. The van der Waals surface area contributed by atoms with Crippen molar-refractivity contribution in [3.05, 3.63) is 52.4 Å². The number of aromatic amines is 1. The number of nitrogens with one attached hydrogen (secondary N) is 2. The smallest absolute Gasteiger partial charge is 0.261 e. The van der Waals surface area contributed by atoms with Gasteiger partial charge in [0.1, 0.15) is 5.82 Å². The Morgan fingerprint density at radius 2 is 2.11 bits per heavy atom. The fraction of sp³-hybridized carbons (Fsp3) is 0.350. The van der Waals surface area contributed by atoms with Gasteiger partial charge in [0.2, 0.25) is 0 Å². The van der Waals surface area contributed by atoms with Crippen molar-refractivity contribution in [2.75, 3.05) is 19.6 Å². The highest BCUT2D eigenvalue weighted by molar-refractivity contribution is 7.21. The van der Waals surface area contributed by atoms with Crippen LogP contribution in [0.25, 0.3) is 10.1 Å². The molecule has 0 bridgehead atoms. The lowest BCUT2D eigenvalue weighted by molar-refractivity contribution is 0.0711. The molecule has 0 aliphatic carbocycles. The molecule has 0 spiro atoms. The minimum atomic E-state index is 0.00493. The third kappa shape index (κ3) is 2.82. The Morgan fingerprint density at radius 3 is 2.89 bits per heavy atom. The van der Waals surface area contributed by atoms with Gasteiger partial charge in [-0.25, -0.2) is 4.98 Å². The van der Waals surface area contributed by atoms with E-state index in [4.69, 9.17) is 0 Å². The molecule has 2 amide bonds. The standard InChI is InChI=1S/C20H20N4O2S/c25-19-17-14(3-6-23-19)15-11-13(1-2-16(15)27-17)20(26)24-9-4-12(5-10-24)18-21-7-8-22-18/h1-2,7-8,11-12H,3-6,9-10H2,(H,21,22)(H,23,25). The quantitative estimate of drug-likeness (QED) is 0.718. The van der Waals surface area contributed by atoms with E-state index in [1.165, 1.54) is 11.3 Å². The number of amides is 2. The molecular formula is C20H20N4O2S. The molecule has 2 aromatic heterocycles. The zero-order valence-corrected chi connectivity index (χ0v) is 15.6. The topological polar surface area (TPSA) is 78.1 Å². The molecule has 0 saturated carbocycles. The zero-order valence-electron chi connectivity index (χ0n) is 14.8. The van der Waals surface area contributed by atoms with E-state index in [2.05, 4.69) is 15.3 Å². The lowest BCUT2D eigenvalue weighted by atomic mass is 9.95. The molecule has 4 heterocycles. The number of nitrogens with zero attached hydrogens (tertiary/aromatic N) is 2. The summed E-state index contributed by atoms with van der Waals surface area (Å²) in [5.41, 5.74) is 1.80. The molecular weight excluding hydrogens is 360 g/mol. The summed E-state index contributed by atoms with van der Waals surface area (Å²) >= 11 is 1.52. The molecule has 0 unspecified atom stereocenters. The highest BCUT2D eigenvalue weighted by Crippen LogP contribution is 2.34. The highest BCUT2D eigenvalue weighted by Gasteiger charge is 2.27. The summed E-state index contributed by atoms with van der Waals surface area (Å²) in [6, 6.07) is 5.85. The fourth-order valence-electron chi connectivity index (χ4n) is 4.13. The van der Waals surface area contributed by atoms with Crippen LogP contribution < -0.4 is 5.32 Å². The number of piperidine rings is 1. The van der Waals surface area contributed by atoms with Crippen molar-refractivity contribution in [3.8, 4) is 0 Å². The van der Waals surface area contributed by atoms with Crippen LogP contribution in [-0.2, 0) is 6.42 Å². The lowest BCUT2D eigenvalue weighted by Crippen LogP contribution is -2.38. The number of hydrogen-bond donors (Lipinski definition) is 2. The molecule has 27 heavy (non-hydrogen) atoms. The molecule has 0 radical (unpaired) electrons. The van der Waals surface area contributed by atoms with E-state index < -0.39 is 0 Å². The van der Waals surface area contributed by atoms with Gasteiger partial charge in [0.25, 0.3) is 11.8 Å². The number of fused-ring (bicyclic) bond motifs is 3. The molecule has 2 aliphatic heterocycles. The maximum atomic E-state index is 13.0. The van der Waals surface area contributed by atoms with Crippen molar-refractivity contribution in [2.24, 2.45) is 0 Å². The van der Waals surface area contributed by atoms with Crippen molar-refractivity contribution >= 4 is 33.2 Å². The molecule has 3 aromatic rings. The van der Waals surface area contributed by atoms with Gasteiger partial charge in [-0.05, 0) is 48.4 Å². The zero-order chi connectivity index (χ0) is 18.4. The lowest BCUT2D eigenvalue weighted by Gasteiger charge is -2.31. The molecule has 2 N–H and O–H groups in total. The first-order chi connectivity index (χ1) is 13.2. The number of aromatic nitrogens is 2. The van der Waals surface area contributed by atoms with Gasteiger partial charge in [-0.3, -0.25) is 9.59 Å². The summed E-state index contributed by atoms with van der Waals surface area (Å²) in [5, 5.41) is 3.95. The predicted molar refractivity (Wildman–Crippen MR) is 104 cm³/mol. The summed E-state index contributed by atoms with van der Waals surface area (Å²) in [4.78, 5) is 35.4. The van der Waals surface area contributed by atoms with Crippen LogP contribution in [0, 0.1) is 0 Å². The van der Waals surface area contributed by atoms with Gasteiger partial charge < -0.3 is 15.2 Å². The van der Waals surface area contributed by atoms with Crippen LogP contribution in [-0.4, -0.2) is 46.3 Å². The van der Waals surface area contributed by atoms with Crippen LogP contribution in [0.5, 0.6) is 0 Å². The van der Waals surface area contributed by atoms with E-state index >= 15 is 0 Å². The second kappa shape index (κ2) is 6.49. The van der Waals surface area contributed by atoms with Crippen LogP contribution in [0.15, 0.2) is 30.6 Å². The number of benzene rings is 1. The monoisotopic (exact) mass is 380 g/mol. The van der Waals surface area contributed by atoms with Crippen molar-refractivity contribution in [1.29, 1.82) is 0 Å². The van der Waals surface area contributed by atoms with E-state index in [0.717, 1.165) is 58.7 Å². The van der Waals surface area contributed by atoms with Crippen LogP contribution in [0.4, 0.5) is 0 Å². The van der Waals surface area contributed by atoms with Crippen molar-refractivity contribution in [3.63, 3.8) is 0 Å². The first-order valence-electron chi connectivity index (χ1n) is 9.33. The molecule has 5 rings (SSSR count). The number of carbonyl (C=O) groups excluding carboxylic acids is 2. The Bertz CT molecular complexity index is 1020. The Labute approximate surface area is 160 Å². The Balaban J connectivity index is 1.37. The highest BCUT2D eigenvalue weighted by atomic mass is 32.1. The summed E-state index contributed by atoms with van der Waals surface area (Å²) in [7, 11) is 0. The van der Waals surface area contributed by atoms with Crippen LogP contribution in [0.1, 0.15) is 50.2 Å². The number of H-pyrrole nitrogens is 1. The third-order valence-corrected chi connectivity index (χ3v) is 6.80. The van der Waals surface area contributed by atoms with Gasteiger partial charge in [-0.15, -0.1) is 11.3 Å². The number of likely N-dealkylation sites (tertiary alicyclic amines) is 1. The molecule has 2 aliphatic rings. The Morgan fingerprint density at radius 1 is 1.26 bits per heavy atom. The summed E-state index contributed by atoms with van der Waals surface area (Å²) in [6.45, 7) is 2.15. The molecule has 1 aromatic carbocycles. The number of thiophene rings is 1. The minimum absolute atomic E-state index is 0.00493. The van der Waals surface area contributed by atoms with Crippen LogP contribution in [0.3, 0.4) is 0 Å². The van der Waals surface area contributed by atoms with Crippen LogP contribution in [0.2, 0.25) is 0 Å². The minimum Gasteiger partial charge on any atom is -0.351 e. The third-order valence-electron chi connectivity index (χ3n) is 5.59. The van der Waals surface area contributed by atoms with Gasteiger partial charge in [0, 0.05) is 48.2 Å². The van der Waals surface area contributed by atoms with Crippen molar-refractivity contribution in [2.45, 2.75) is 25.2 Å². The number of carbonyl (C=O) groups is 2. The first-order valence-corrected chi connectivity index (χ1v) is 10.1. The maximum Gasteiger partial charge on any atom is 0.261 e.